The van der Waals surface area contributed by atoms with Gasteiger partial charge < -0.3 is 9.88 Å². The summed E-state index contributed by atoms with van der Waals surface area (Å²) in [4.78, 5) is 21.4. The molecular formula is C21H16F2N4OS. The number of carbonyl (C=O) groups is 1. The summed E-state index contributed by atoms with van der Waals surface area (Å²) in [5.41, 5.74) is 2.20. The minimum atomic E-state index is -0.473. The Morgan fingerprint density at radius 2 is 1.97 bits per heavy atom. The highest BCUT2D eigenvalue weighted by Gasteiger charge is 2.16. The van der Waals surface area contributed by atoms with E-state index >= 15 is 0 Å². The van der Waals surface area contributed by atoms with E-state index in [1.165, 1.54) is 35.9 Å². The highest BCUT2D eigenvalue weighted by Crippen LogP contribution is 2.24. The van der Waals surface area contributed by atoms with E-state index in [-0.39, 0.29) is 11.7 Å². The Morgan fingerprint density at radius 1 is 1.17 bits per heavy atom. The van der Waals surface area contributed by atoms with Crippen molar-refractivity contribution in [2.24, 2.45) is 0 Å². The Balaban J connectivity index is 1.49. The third-order valence-corrected chi connectivity index (χ3v) is 5.46. The first-order chi connectivity index (χ1) is 14.0. The van der Waals surface area contributed by atoms with Crippen LogP contribution in [-0.2, 0) is 6.42 Å². The number of carbonyl (C=O) groups excluding carboxylic acids is 1. The molecule has 29 heavy (non-hydrogen) atoms. The molecule has 4 aromatic rings. The molecule has 2 aromatic heterocycles. The average Bonchev–Trinajstić information content (AvgIpc) is 3.34. The highest BCUT2D eigenvalue weighted by molar-refractivity contribution is 7.14. The van der Waals surface area contributed by atoms with Crippen LogP contribution in [0.25, 0.3) is 5.69 Å². The van der Waals surface area contributed by atoms with E-state index in [0.717, 1.165) is 10.6 Å². The molecule has 0 radical (unpaired) electrons. The van der Waals surface area contributed by atoms with Gasteiger partial charge in [-0.3, -0.25) is 4.79 Å². The molecule has 146 valence electrons. The van der Waals surface area contributed by atoms with Gasteiger partial charge in [0.1, 0.15) is 16.5 Å². The van der Waals surface area contributed by atoms with Crippen LogP contribution >= 0.6 is 11.3 Å². The fourth-order valence-electron chi connectivity index (χ4n) is 2.90. The summed E-state index contributed by atoms with van der Waals surface area (Å²) in [6, 6.07) is 10.6. The van der Waals surface area contributed by atoms with Crippen LogP contribution in [-0.4, -0.2) is 20.4 Å². The molecule has 5 nitrogen and oxygen atoms in total. The van der Waals surface area contributed by atoms with Crippen LogP contribution in [0.15, 0.2) is 61.2 Å². The number of imidazole rings is 1. The molecule has 0 unspecified atom stereocenters. The van der Waals surface area contributed by atoms with Crippen LogP contribution in [0.5, 0.6) is 0 Å². The lowest BCUT2D eigenvalue weighted by atomic mass is 10.1. The number of amides is 1. The molecule has 0 saturated heterocycles. The van der Waals surface area contributed by atoms with Gasteiger partial charge in [0.15, 0.2) is 0 Å². The molecule has 1 amide bonds. The van der Waals surface area contributed by atoms with E-state index in [2.05, 4.69) is 15.3 Å². The number of hydrogen-bond acceptors (Lipinski definition) is 4. The van der Waals surface area contributed by atoms with Crippen LogP contribution in [0.1, 0.15) is 25.9 Å². The molecule has 0 aliphatic heterocycles. The first-order valence-electron chi connectivity index (χ1n) is 8.79. The summed E-state index contributed by atoms with van der Waals surface area (Å²) >= 11 is 1.27. The lowest BCUT2D eigenvalue weighted by Crippen LogP contribution is -2.12. The van der Waals surface area contributed by atoms with Gasteiger partial charge in [0.25, 0.3) is 5.91 Å². The zero-order chi connectivity index (χ0) is 20.4. The van der Waals surface area contributed by atoms with Gasteiger partial charge in [0.05, 0.1) is 22.7 Å². The van der Waals surface area contributed by atoms with Gasteiger partial charge in [-0.2, -0.15) is 0 Å². The Bertz CT molecular complexity index is 1150. The van der Waals surface area contributed by atoms with E-state index in [0.29, 0.717) is 28.4 Å². The Kier molecular flexibility index (Phi) is 5.18. The summed E-state index contributed by atoms with van der Waals surface area (Å²) in [5.74, 6) is -1.12. The highest BCUT2D eigenvalue weighted by atomic mass is 32.1. The monoisotopic (exact) mass is 410 g/mol. The lowest BCUT2D eigenvalue weighted by molar-refractivity contribution is 0.103. The van der Waals surface area contributed by atoms with Crippen molar-refractivity contribution >= 4 is 22.9 Å². The van der Waals surface area contributed by atoms with Crippen LogP contribution in [0.4, 0.5) is 14.5 Å². The van der Waals surface area contributed by atoms with E-state index in [1.807, 2.05) is 0 Å². The predicted molar refractivity (Wildman–Crippen MR) is 108 cm³/mol. The largest absolute Gasteiger partial charge is 0.321 e. The fraction of sp³-hybridized carbons (Fsp3) is 0.0952. The second kappa shape index (κ2) is 7.92. The van der Waals surface area contributed by atoms with Crippen molar-refractivity contribution in [2.75, 3.05) is 5.32 Å². The van der Waals surface area contributed by atoms with E-state index in [1.54, 1.807) is 48.1 Å². The number of aromatic nitrogens is 3. The fourth-order valence-corrected chi connectivity index (χ4v) is 3.89. The number of aryl methyl sites for hydroxylation is 1. The van der Waals surface area contributed by atoms with Crippen LogP contribution in [0.2, 0.25) is 0 Å². The Labute approximate surface area is 169 Å². The van der Waals surface area contributed by atoms with Gasteiger partial charge in [-0.15, -0.1) is 11.3 Å². The summed E-state index contributed by atoms with van der Waals surface area (Å²) in [7, 11) is 0. The van der Waals surface area contributed by atoms with Gasteiger partial charge in [-0.05, 0) is 42.8 Å². The number of thiazole rings is 1. The summed E-state index contributed by atoms with van der Waals surface area (Å²) in [6.07, 6.45) is 5.21. The first kappa shape index (κ1) is 18.9. The smallest absolute Gasteiger partial charge is 0.267 e. The van der Waals surface area contributed by atoms with Crippen molar-refractivity contribution < 1.29 is 13.6 Å². The van der Waals surface area contributed by atoms with Gasteiger partial charge in [0, 0.05) is 24.5 Å². The molecular weight excluding hydrogens is 394 g/mol. The number of nitrogens with zero attached hydrogens (tertiary/aromatic N) is 3. The predicted octanol–water partition coefficient (Wildman–Crippen LogP) is 4.76. The summed E-state index contributed by atoms with van der Waals surface area (Å²) < 4.78 is 29.0. The zero-order valence-corrected chi connectivity index (χ0v) is 16.2. The lowest BCUT2D eigenvalue weighted by Gasteiger charge is -2.08. The van der Waals surface area contributed by atoms with E-state index < -0.39 is 5.82 Å². The Morgan fingerprint density at radius 3 is 2.66 bits per heavy atom. The van der Waals surface area contributed by atoms with Crippen LogP contribution in [0, 0.1) is 18.6 Å². The second-order valence-electron chi connectivity index (χ2n) is 6.42. The van der Waals surface area contributed by atoms with Gasteiger partial charge in [-0.1, -0.05) is 12.1 Å². The number of nitrogens with one attached hydrogen (secondary N) is 1. The minimum absolute atomic E-state index is 0.296. The molecule has 2 aromatic carbocycles. The summed E-state index contributed by atoms with van der Waals surface area (Å²) in [5, 5.41) is 3.46. The molecule has 0 aliphatic rings. The molecule has 1 N–H and O–H groups in total. The SMILES string of the molecule is Cc1nc(Cc2ccc(F)cc2)sc1C(=O)Nc1ccc(-n2ccnc2)c(F)c1. The molecule has 0 aliphatic carbocycles. The van der Waals surface area contributed by atoms with Gasteiger partial charge in [-0.25, -0.2) is 18.7 Å². The van der Waals surface area contributed by atoms with Gasteiger partial charge >= 0.3 is 0 Å². The third-order valence-electron chi connectivity index (χ3n) is 4.30. The molecule has 2 heterocycles. The molecule has 0 atom stereocenters. The molecule has 4 rings (SSSR count). The van der Waals surface area contributed by atoms with Crippen LogP contribution in [0.3, 0.4) is 0 Å². The molecule has 0 saturated carbocycles. The topological polar surface area (TPSA) is 59.8 Å². The third kappa shape index (κ3) is 4.22. The standard InChI is InChI=1S/C21H16F2N4OS/c1-13-20(29-19(25-13)10-14-2-4-15(22)5-3-14)21(28)26-16-6-7-18(17(23)11-16)27-9-8-24-12-27/h2-9,11-12H,10H2,1H3,(H,26,28). The van der Waals surface area contributed by atoms with Crippen molar-refractivity contribution in [3.05, 3.63) is 94.0 Å². The van der Waals surface area contributed by atoms with Gasteiger partial charge in [0.2, 0.25) is 0 Å². The number of benzene rings is 2. The number of anilines is 1. The van der Waals surface area contributed by atoms with Crippen molar-refractivity contribution in [1.82, 2.24) is 14.5 Å². The Hall–Kier alpha value is -3.39. The number of halogens is 2. The van der Waals surface area contributed by atoms with Crippen molar-refractivity contribution in [1.29, 1.82) is 0 Å². The van der Waals surface area contributed by atoms with E-state index in [4.69, 9.17) is 0 Å². The maximum absolute atomic E-state index is 14.4. The molecule has 0 fully saturated rings. The van der Waals surface area contributed by atoms with E-state index in [9.17, 15) is 13.6 Å². The van der Waals surface area contributed by atoms with Crippen LogP contribution < -0.4 is 5.32 Å². The summed E-state index contributed by atoms with van der Waals surface area (Å²) in [6.45, 7) is 1.75. The number of rotatable bonds is 5. The maximum Gasteiger partial charge on any atom is 0.267 e. The van der Waals surface area contributed by atoms with Crippen molar-refractivity contribution in [3.8, 4) is 5.69 Å². The molecule has 8 heteroatoms. The van der Waals surface area contributed by atoms with Crippen molar-refractivity contribution in [3.63, 3.8) is 0 Å². The maximum atomic E-state index is 14.4. The quantitative estimate of drug-likeness (QED) is 0.516. The second-order valence-corrected chi connectivity index (χ2v) is 7.50. The van der Waals surface area contributed by atoms with Crippen molar-refractivity contribution in [2.45, 2.75) is 13.3 Å². The average molecular weight is 410 g/mol. The molecule has 0 bridgehead atoms. The first-order valence-corrected chi connectivity index (χ1v) is 9.61. The zero-order valence-electron chi connectivity index (χ0n) is 15.4. The minimum Gasteiger partial charge on any atom is -0.321 e. The number of hydrogen-bond donors (Lipinski definition) is 1. The normalized spacial score (nSPS) is 10.9. The molecule has 0 spiro atoms.